The van der Waals surface area contributed by atoms with E-state index in [2.05, 4.69) is 27.3 Å². The Kier molecular flexibility index (Phi) is 5.13. The van der Waals surface area contributed by atoms with Crippen molar-refractivity contribution < 1.29 is 4.74 Å². The summed E-state index contributed by atoms with van der Waals surface area (Å²) in [5.74, 6) is 2.27. The molecule has 3 heterocycles. The van der Waals surface area contributed by atoms with Gasteiger partial charge in [0, 0.05) is 31.9 Å². The van der Waals surface area contributed by atoms with Crippen LogP contribution in [0.4, 0.5) is 17.5 Å². The summed E-state index contributed by atoms with van der Waals surface area (Å²) in [6, 6.07) is 17.9. The molecule has 1 aliphatic rings. The standard InChI is InChI=1S/C23H25N7O/c1-28-12-14-29(15-13-28)23-26-21(25-17-8-10-19(31-2)11-9-17)20-16-24-30(22(20)27-23)18-6-4-3-5-7-18/h3-11,16H,12-15H2,1-2H3,(H,25,26,27). The zero-order valence-electron chi connectivity index (χ0n) is 17.7. The molecule has 5 rings (SSSR count). The van der Waals surface area contributed by atoms with Crippen molar-refractivity contribution in [1.29, 1.82) is 0 Å². The van der Waals surface area contributed by atoms with Crippen molar-refractivity contribution in [1.82, 2.24) is 24.6 Å². The predicted molar refractivity (Wildman–Crippen MR) is 123 cm³/mol. The molecule has 2 aromatic carbocycles. The normalized spacial score (nSPS) is 14.7. The lowest BCUT2D eigenvalue weighted by atomic mass is 10.3. The molecule has 31 heavy (non-hydrogen) atoms. The van der Waals surface area contributed by atoms with E-state index >= 15 is 0 Å². The zero-order chi connectivity index (χ0) is 21.2. The van der Waals surface area contributed by atoms with Crippen molar-refractivity contribution >= 4 is 28.5 Å². The monoisotopic (exact) mass is 415 g/mol. The lowest BCUT2D eigenvalue weighted by molar-refractivity contribution is 0.311. The lowest BCUT2D eigenvalue weighted by Crippen LogP contribution is -2.45. The number of aromatic nitrogens is 4. The number of para-hydroxylation sites is 1. The number of anilines is 3. The van der Waals surface area contributed by atoms with Crippen LogP contribution in [0.1, 0.15) is 0 Å². The second-order valence-electron chi connectivity index (χ2n) is 7.65. The Balaban J connectivity index is 1.59. The summed E-state index contributed by atoms with van der Waals surface area (Å²) in [5, 5.41) is 8.95. The molecule has 0 atom stereocenters. The van der Waals surface area contributed by atoms with E-state index in [9.17, 15) is 0 Å². The smallest absolute Gasteiger partial charge is 0.229 e. The van der Waals surface area contributed by atoms with Crippen molar-refractivity contribution in [3.63, 3.8) is 0 Å². The first-order valence-electron chi connectivity index (χ1n) is 10.4. The molecule has 0 spiro atoms. The van der Waals surface area contributed by atoms with Crippen molar-refractivity contribution in [3.05, 3.63) is 60.8 Å². The number of methoxy groups -OCH3 is 1. The van der Waals surface area contributed by atoms with Crippen LogP contribution >= 0.6 is 0 Å². The van der Waals surface area contributed by atoms with Crippen LogP contribution in [-0.2, 0) is 0 Å². The minimum absolute atomic E-state index is 0.717. The van der Waals surface area contributed by atoms with Crippen molar-refractivity contribution in [3.8, 4) is 11.4 Å². The Hall–Kier alpha value is -3.65. The predicted octanol–water partition coefficient (Wildman–Crippen LogP) is 3.32. The molecule has 0 radical (unpaired) electrons. The maximum atomic E-state index is 5.27. The van der Waals surface area contributed by atoms with Crippen molar-refractivity contribution in [2.75, 3.05) is 50.6 Å². The summed E-state index contributed by atoms with van der Waals surface area (Å²) in [4.78, 5) is 14.4. The van der Waals surface area contributed by atoms with Crippen LogP contribution in [0.15, 0.2) is 60.8 Å². The number of likely N-dealkylation sites (N-methyl/N-ethyl adjacent to an activating group) is 1. The number of ether oxygens (including phenoxy) is 1. The molecule has 0 amide bonds. The van der Waals surface area contributed by atoms with Crippen LogP contribution in [0.2, 0.25) is 0 Å². The number of nitrogens with one attached hydrogen (secondary N) is 1. The maximum absolute atomic E-state index is 5.27. The van der Waals surface area contributed by atoms with Gasteiger partial charge in [0.05, 0.1) is 24.4 Å². The van der Waals surface area contributed by atoms with E-state index in [1.807, 2.05) is 65.5 Å². The Labute approximate surface area is 181 Å². The van der Waals surface area contributed by atoms with Crippen LogP contribution in [0.3, 0.4) is 0 Å². The van der Waals surface area contributed by atoms with Gasteiger partial charge < -0.3 is 19.9 Å². The van der Waals surface area contributed by atoms with Crippen LogP contribution in [-0.4, -0.2) is 65.0 Å². The fourth-order valence-electron chi connectivity index (χ4n) is 3.71. The molecule has 1 fully saturated rings. The lowest BCUT2D eigenvalue weighted by Gasteiger charge is -2.32. The third-order valence-corrected chi connectivity index (χ3v) is 5.56. The number of fused-ring (bicyclic) bond motifs is 1. The van der Waals surface area contributed by atoms with Gasteiger partial charge >= 0.3 is 0 Å². The van der Waals surface area contributed by atoms with E-state index in [0.29, 0.717) is 5.95 Å². The van der Waals surface area contributed by atoms with Crippen molar-refractivity contribution in [2.45, 2.75) is 0 Å². The Morgan fingerprint density at radius 2 is 1.65 bits per heavy atom. The number of hydrogen-bond donors (Lipinski definition) is 1. The Morgan fingerprint density at radius 3 is 2.35 bits per heavy atom. The Bertz CT molecular complexity index is 1170. The summed E-state index contributed by atoms with van der Waals surface area (Å²) in [6.07, 6.45) is 1.82. The molecule has 1 aliphatic heterocycles. The number of benzene rings is 2. The highest BCUT2D eigenvalue weighted by Crippen LogP contribution is 2.29. The highest BCUT2D eigenvalue weighted by molar-refractivity contribution is 5.90. The van der Waals surface area contributed by atoms with Crippen molar-refractivity contribution in [2.24, 2.45) is 0 Å². The van der Waals surface area contributed by atoms with Crippen LogP contribution in [0.25, 0.3) is 16.7 Å². The molecule has 8 heteroatoms. The molecule has 4 aromatic rings. The summed E-state index contributed by atoms with van der Waals surface area (Å²) in [5.41, 5.74) is 2.68. The largest absolute Gasteiger partial charge is 0.497 e. The fraction of sp³-hybridized carbons (Fsp3) is 0.261. The van der Waals surface area contributed by atoms with E-state index in [1.54, 1.807) is 7.11 Å². The van der Waals surface area contributed by atoms with Gasteiger partial charge in [-0.05, 0) is 43.4 Å². The second-order valence-corrected chi connectivity index (χ2v) is 7.65. The molecule has 1 N–H and O–H groups in total. The molecule has 0 unspecified atom stereocenters. The molecule has 0 aliphatic carbocycles. The van der Waals surface area contributed by atoms with E-state index < -0.39 is 0 Å². The molecule has 0 saturated carbocycles. The molecular weight excluding hydrogens is 390 g/mol. The van der Waals surface area contributed by atoms with Gasteiger partial charge in [0.2, 0.25) is 5.95 Å². The molecule has 2 aromatic heterocycles. The van der Waals surface area contributed by atoms with E-state index in [1.165, 1.54) is 0 Å². The maximum Gasteiger partial charge on any atom is 0.229 e. The zero-order valence-corrected chi connectivity index (χ0v) is 17.7. The SMILES string of the molecule is COc1ccc(Nc2nc(N3CCN(C)CC3)nc3c2cnn3-c2ccccc2)cc1. The van der Waals surface area contributed by atoms with Gasteiger partial charge in [-0.2, -0.15) is 15.1 Å². The average Bonchev–Trinajstić information content (AvgIpc) is 3.25. The first kappa shape index (κ1) is 19.3. The van der Waals surface area contributed by atoms with Crippen LogP contribution in [0.5, 0.6) is 5.75 Å². The molecule has 1 saturated heterocycles. The van der Waals surface area contributed by atoms with Crippen LogP contribution < -0.4 is 15.0 Å². The van der Waals surface area contributed by atoms with Gasteiger partial charge in [-0.25, -0.2) is 4.68 Å². The van der Waals surface area contributed by atoms with Gasteiger partial charge in [0.15, 0.2) is 5.65 Å². The van der Waals surface area contributed by atoms with Gasteiger partial charge in [-0.15, -0.1) is 0 Å². The third kappa shape index (κ3) is 3.89. The quantitative estimate of drug-likeness (QED) is 0.536. The van der Waals surface area contributed by atoms with Gasteiger partial charge in [-0.1, -0.05) is 18.2 Å². The first-order valence-corrected chi connectivity index (χ1v) is 10.4. The van der Waals surface area contributed by atoms with Gasteiger partial charge in [-0.3, -0.25) is 0 Å². The third-order valence-electron chi connectivity index (χ3n) is 5.56. The Morgan fingerprint density at radius 1 is 0.903 bits per heavy atom. The topological polar surface area (TPSA) is 71.3 Å². The second kappa shape index (κ2) is 8.23. The highest BCUT2D eigenvalue weighted by atomic mass is 16.5. The van der Waals surface area contributed by atoms with Gasteiger partial charge in [0.1, 0.15) is 11.6 Å². The number of rotatable bonds is 5. The average molecular weight is 416 g/mol. The summed E-state index contributed by atoms with van der Waals surface area (Å²) in [7, 11) is 3.80. The van der Waals surface area contributed by atoms with Gasteiger partial charge in [0.25, 0.3) is 0 Å². The fourth-order valence-corrected chi connectivity index (χ4v) is 3.71. The molecule has 158 valence electrons. The molecular formula is C23H25N7O. The summed E-state index contributed by atoms with van der Waals surface area (Å²) < 4.78 is 7.14. The number of nitrogens with zero attached hydrogens (tertiary/aromatic N) is 6. The first-order chi connectivity index (χ1) is 15.2. The molecule has 8 nitrogen and oxygen atoms in total. The summed E-state index contributed by atoms with van der Waals surface area (Å²) in [6.45, 7) is 3.76. The van der Waals surface area contributed by atoms with E-state index in [0.717, 1.165) is 60.2 Å². The minimum atomic E-state index is 0.717. The highest BCUT2D eigenvalue weighted by Gasteiger charge is 2.21. The number of hydrogen-bond acceptors (Lipinski definition) is 7. The van der Waals surface area contributed by atoms with E-state index in [4.69, 9.17) is 14.7 Å². The van der Waals surface area contributed by atoms with Crippen LogP contribution in [0, 0.1) is 0 Å². The summed E-state index contributed by atoms with van der Waals surface area (Å²) >= 11 is 0. The van der Waals surface area contributed by atoms with E-state index in [-0.39, 0.29) is 0 Å². The minimum Gasteiger partial charge on any atom is -0.497 e. The number of piperazine rings is 1. The molecule has 0 bridgehead atoms.